The monoisotopic (exact) mass is 251 g/mol. The summed E-state index contributed by atoms with van der Waals surface area (Å²) < 4.78 is 1.98. The predicted octanol–water partition coefficient (Wildman–Crippen LogP) is 2.82. The van der Waals surface area contributed by atoms with E-state index in [1.54, 1.807) is 6.07 Å². The molecule has 0 unspecified atom stereocenters. The Hall–Kier alpha value is -1.82. The van der Waals surface area contributed by atoms with E-state index in [0.717, 1.165) is 16.3 Å². The summed E-state index contributed by atoms with van der Waals surface area (Å²) in [6.07, 6.45) is 0. The maximum absolute atomic E-state index is 10.5. The topological polar surface area (TPSA) is 60.1 Å². The summed E-state index contributed by atoms with van der Waals surface area (Å²) in [6.45, 7) is 4.61. The smallest absolute Gasteiger partial charge is 0.321 e. The van der Waals surface area contributed by atoms with Crippen molar-refractivity contribution in [3.63, 3.8) is 0 Å². The molecular formula is C11H13N3O2S. The van der Waals surface area contributed by atoms with Gasteiger partial charge >= 0.3 is 5.00 Å². The Morgan fingerprint density at radius 3 is 2.47 bits per heavy atom. The van der Waals surface area contributed by atoms with E-state index < -0.39 is 0 Å². The third kappa shape index (κ3) is 2.47. The van der Waals surface area contributed by atoms with Gasteiger partial charge in [-0.1, -0.05) is 11.3 Å². The second-order valence-corrected chi connectivity index (χ2v) is 4.93. The molecule has 0 aliphatic carbocycles. The van der Waals surface area contributed by atoms with Crippen molar-refractivity contribution >= 4 is 16.3 Å². The van der Waals surface area contributed by atoms with Gasteiger partial charge in [0, 0.05) is 22.3 Å². The molecule has 0 fully saturated rings. The lowest BCUT2D eigenvalue weighted by atomic mass is 10.5. The third-order valence-corrected chi connectivity index (χ3v) is 3.55. The van der Waals surface area contributed by atoms with Crippen LogP contribution in [0.25, 0.3) is 0 Å². The van der Waals surface area contributed by atoms with Gasteiger partial charge in [-0.3, -0.25) is 14.8 Å². The van der Waals surface area contributed by atoms with Crippen molar-refractivity contribution in [2.75, 3.05) is 5.43 Å². The van der Waals surface area contributed by atoms with Crippen LogP contribution in [0.2, 0.25) is 0 Å². The summed E-state index contributed by atoms with van der Waals surface area (Å²) in [5, 5.41) is 10.7. The number of nitrogens with zero attached hydrogens (tertiary/aromatic N) is 2. The molecule has 2 rings (SSSR count). The Bertz CT molecular complexity index is 525. The predicted molar refractivity (Wildman–Crippen MR) is 67.9 cm³/mol. The van der Waals surface area contributed by atoms with E-state index in [-0.39, 0.29) is 9.92 Å². The molecule has 5 nitrogen and oxygen atoms in total. The van der Waals surface area contributed by atoms with Gasteiger partial charge in [0.25, 0.3) is 0 Å². The summed E-state index contributed by atoms with van der Waals surface area (Å²) in [6, 6.07) is 7.37. The molecule has 0 atom stereocenters. The maximum atomic E-state index is 10.5. The quantitative estimate of drug-likeness (QED) is 0.671. The van der Waals surface area contributed by atoms with Crippen LogP contribution in [0.4, 0.5) is 5.00 Å². The minimum Gasteiger partial charge on any atom is -0.321 e. The highest BCUT2D eigenvalue weighted by Crippen LogP contribution is 2.23. The fourth-order valence-corrected chi connectivity index (χ4v) is 2.39. The molecule has 90 valence electrons. The lowest BCUT2D eigenvalue weighted by molar-refractivity contribution is -0.380. The zero-order chi connectivity index (χ0) is 12.4. The van der Waals surface area contributed by atoms with Crippen LogP contribution < -0.4 is 5.43 Å². The summed E-state index contributed by atoms with van der Waals surface area (Å²) in [4.78, 5) is 11.1. The first-order valence-corrected chi connectivity index (χ1v) is 6.01. The van der Waals surface area contributed by atoms with Crippen LogP contribution >= 0.6 is 11.3 Å². The SMILES string of the molecule is Cc1ccc(C)n1NCc1ccc([N+](=O)[O-])s1. The summed E-state index contributed by atoms with van der Waals surface area (Å²) >= 11 is 1.20. The third-order valence-electron chi connectivity index (χ3n) is 2.51. The van der Waals surface area contributed by atoms with Crippen molar-refractivity contribution in [1.29, 1.82) is 0 Å². The van der Waals surface area contributed by atoms with Gasteiger partial charge in [-0.05, 0) is 32.0 Å². The van der Waals surface area contributed by atoms with Crippen LogP contribution in [0.3, 0.4) is 0 Å². The molecule has 1 N–H and O–H groups in total. The van der Waals surface area contributed by atoms with Gasteiger partial charge < -0.3 is 5.43 Å². The normalized spacial score (nSPS) is 10.5. The average molecular weight is 251 g/mol. The van der Waals surface area contributed by atoms with Crippen LogP contribution in [-0.4, -0.2) is 9.60 Å². The van der Waals surface area contributed by atoms with E-state index in [1.807, 2.05) is 30.7 Å². The average Bonchev–Trinajstić information content (AvgIpc) is 2.85. The Kier molecular flexibility index (Phi) is 3.14. The van der Waals surface area contributed by atoms with E-state index in [2.05, 4.69) is 5.43 Å². The summed E-state index contributed by atoms with van der Waals surface area (Å²) in [7, 11) is 0. The van der Waals surface area contributed by atoms with E-state index in [4.69, 9.17) is 0 Å². The van der Waals surface area contributed by atoms with Gasteiger partial charge in [0.05, 0.1) is 11.5 Å². The molecule has 0 aliphatic heterocycles. The van der Waals surface area contributed by atoms with Crippen molar-refractivity contribution in [2.24, 2.45) is 0 Å². The van der Waals surface area contributed by atoms with Crippen LogP contribution in [-0.2, 0) is 6.54 Å². The number of aryl methyl sites for hydroxylation is 2. The van der Waals surface area contributed by atoms with E-state index in [1.165, 1.54) is 17.4 Å². The molecule has 0 spiro atoms. The Balaban J connectivity index is 2.05. The van der Waals surface area contributed by atoms with Crippen molar-refractivity contribution in [3.05, 3.63) is 50.6 Å². The molecule has 0 amide bonds. The highest BCUT2D eigenvalue weighted by Gasteiger charge is 2.09. The van der Waals surface area contributed by atoms with Crippen molar-refractivity contribution in [3.8, 4) is 0 Å². The largest absolute Gasteiger partial charge is 0.324 e. The Morgan fingerprint density at radius 1 is 1.29 bits per heavy atom. The minimum atomic E-state index is -0.361. The Morgan fingerprint density at radius 2 is 1.94 bits per heavy atom. The molecule has 2 aromatic heterocycles. The number of hydrogen-bond donors (Lipinski definition) is 1. The molecule has 0 saturated heterocycles. The minimum absolute atomic E-state index is 0.183. The first-order valence-electron chi connectivity index (χ1n) is 5.20. The number of rotatable bonds is 4. The van der Waals surface area contributed by atoms with Crippen molar-refractivity contribution in [2.45, 2.75) is 20.4 Å². The number of aromatic nitrogens is 1. The summed E-state index contributed by atoms with van der Waals surface area (Å²) in [5.41, 5.74) is 5.47. The standard InChI is InChI=1S/C11H13N3O2S/c1-8-3-4-9(2)13(8)12-7-10-5-6-11(17-10)14(15)16/h3-6,12H,7H2,1-2H3. The van der Waals surface area contributed by atoms with Crippen LogP contribution in [0, 0.1) is 24.0 Å². The molecule has 0 saturated carbocycles. The number of thiophene rings is 1. The van der Waals surface area contributed by atoms with E-state index in [0.29, 0.717) is 6.54 Å². The van der Waals surface area contributed by atoms with Gasteiger partial charge in [-0.25, -0.2) is 0 Å². The molecule has 0 radical (unpaired) electrons. The van der Waals surface area contributed by atoms with Crippen LogP contribution in [0.5, 0.6) is 0 Å². The lowest BCUT2D eigenvalue weighted by Crippen LogP contribution is -2.16. The van der Waals surface area contributed by atoms with Gasteiger partial charge in [0.15, 0.2) is 0 Å². The molecule has 0 aromatic carbocycles. The number of nitro groups is 1. The first-order chi connectivity index (χ1) is 8.08. The number of hydrogen-bond acceptors (Lipinski definition) is 4. The first kappa shape index (κ1) is 11.7. The molecule has 0 bridgehead atoms. The zero-order valence-electron chi connectivity index (χ0n) is 9.64. The highest BCUT2D eigenvalue weighted by atomic mass is 32.1. The van der Waals surface area contributed by atoms with Crippen molar-refractivity contribution < 1.29 is 4.92 Å². The fourth-order valence-electron chi connectivity index (χ4n) is 1.63. The fraction of sp³-hybridized carbons (Fsp3) is 0.273. The van der Waals surface area contributed by atoms with Gasteiger partial charge in [0.1, 0.15) is 0 Å². The highest BCUT2D eigenvalue weighted by molar-refractivity contribution is 7.15. The van der Waals surface area contributed by atoms with Crippen LogP contribution in [0.15, 0.2) is 24.3 Å². The van der Waals surface area contributed by atoms with E-state index >= 15 is 0 Å². The molecular weight excluding hydrogens is 238 g/mol. The molecule has 2 aromatic rings. The van der Waals surface area contributed by atoms with Crippen LogP contribution in [0.1, 0.15) is 16.3 Å². The van der Waals surface area contributed by atoms with Gasteiger partial charge in [0.2, 0.25) is 0 Å². The molecule has 2 heterocycles. The molecule has 0 aliphatic rings. The number of nitrogens with one attached hydrogen (secondary N) is 1. The summed E-state index contributed by atoms with van der Waals surface area (Å²) in [5.74, 6) is 0. The maximum Gasteiger partial charge on any atom is 0.324 e. The van der Waals surface area contributed by atoms with Crippen molar-refractivity contribution in [1.82, 2.24) is 4.68 Å². The van der Waals surface area contributed by atoms with Gasteiger partial charge in [-0.15, -0.1) is 0 Å². The molecule has 6 heteroatoms. The second-order valence-electron chi connectivity index (χ2n) is 3.78. The zero-order valence-corrected chi connectivity index (χ0v) is 10.5. The Labute approximate surface area is 103 Å². The molecule has 17 heavy (non-hydrogen) atoms. The van der Waals surface area contributed by atoms with Gasteiger partial charge in [-0.2, -0.15) is 0 Å². The van der Waals surface area contributed by atoms with E-state index in [9.17, 15) is 10.1 Å². The second kappa shape index (κ2) is 4.58. The lowest BCUT2D eigenvalue weighted by Gasteiger charge is -2.11.